The third-order valence-electron chi connectivity index (χ3n) is 5.44. The fraction of sp³-hybridized carbons (Fsp3) is 0.400. The van der Waals surface area contributed by atoms with Crippen LogP contribution in [0.3, 0.4) is 0 Å². The van der Waals surface area contributed by atoms with Crippen LogP contribution in [0.2, 0.25) is 0 Å². The summed E-state index contributed by atoms with van der Waals surface area (Å²) in [6, 6.07) is 12.3. The number of hydrogen-bond acceptors (Lipinski definition) is 5. The molecule has 0 aromatic heterocycles. The summed E-state index contributed by atoms with van der Waals surface area (Å²) in [5.74, 6) is 1.16. The van der Waals surface area contributed by atoms with Gasteiger partial charge in [0.2, 0.25) is 16.8 Å². The molecule has 1 fully saturated rings. The molecule has 0 amide bonds. The maximum Gasteiger partial charge on any atom is 0.231 e. The van der Waals surface area contributed by atoms with E-state index in [1.54, 1.807) is 12.1 Å². The van der Waals surface area contributed by atoms with E-state index in [-0.39, 0.29) is 18.7 Å². The number of anilines is 1. The number of nitrogens with one attached hydrogen (secondary N) is 2. The van der Waals surface area contributed by atoms with Gasteiger partial charge in [-0.15, -0.1) is 0 Å². The Morgan fingerprint density at radius 3 is 2.48 bits per heavy atom. The molecular formula is C20H25FN3O4S+. The van der Waals surface area contributed by atoms with E-state index < -0.39 is 10.0 Å². The van der Waals surface area contributed by atoms with E-state index in [9.17, 15) is 12.8 Å². The van der Waals surface area contributed by atoms with Crippen LogP contribution in [0.5, 0.6) is 11.5 Å². The summed E-state index contributed by atoms with van der Waals surface area (Å²) in [5, 5.41) is 0. The van der Waals surface area contributed by atoms with Gasteiger partial charge in [-0.2, -0.15) is 0 Å². The van der Waals surface area contributed by atoms with Crippen molar-refractivity contribution < 1.29 is 27.2 Å². The first-order chi connectivity index (χ1) is 13.9. The number of rotatable bonds is 6. The minimum Gasteiger partial charge on any atom is -0.454 e. The number of ether oxygens (including phenoxy) is 2. The molecule has 0 saturated carbocycles. The lowest BCUT2D eigenvalue weighted by molar-refractivity contribution is -0.930. The number of quaternary nitrogens is 1. The second-order valence-corrected chi connectivity index (χ2v) is 9.24. The van der Waals surface area contributed by atoms with Crippen molar-refractivity contribution in [2.45, 2.75) is 6.04 Å². The normalized spacial score (nSPS) is 18.1. The van der Waals surface area contributed by atoms with Crippen LogP contribution >= 0.6 is 0 Å². The molecule has 0 bridgehead atoms. The Labute approximate surface area is 170 Å². The maximum absolute atomic E-state index is 13.2. The van der Waals surface area contributed by atoms with E-state index in [0.29, 0.717) is 18.0 Å². The fourth-order valence-electron chi connectivity index (χ4n) is 3.91. The summed E-state index contributed by atoms with van der Waals surface area (Å²) in [6.45, 7) is 3.80. The average Bonchev–Trinajstić information content (AvgIpc) is 3.16. The van der Waals surface area contributed by atoms with Crippen molar-refractivity contribution in [3.8, 4) is 11.5 Å². The largest absolute Gasteiger partial charge is 0.454 e. The van der Waals surface area contributed by atoms with E-state index in [4.69, 9.17) is 9.47 Å². The van der Waals surface area contributed by atoms with Crippen molar-refractivity contribution in [1.29, 1.82) is 0 Å². The Morgan fingerprint density at radius 2 is 1.79 bits per heavy atom. The van der Waals surface area contributed by atoms with Crippen LogP contribution in [0.15, 0.2) is 42.5 Å². The number of fused-ring (bicyclic) bond motifs is 1. The van der Waals surface area contributed by atoms with E-state index in [2.05, 4.69) is 9.62 Å². The van der Waals surface area contributed by atoms with E-state index in [1.807, 2.05) is 18.2 Å². The van der Waals surface area contributed by atoms with E-state index in [1.165, 1.54) is 23.3 Å². The van der Waals surface area contributed by atoms with Crippen molar-refractivity contribution >= 4 is 15.7 Å². The molecule has 1 atom stereocenters. The molecule has 2 heterocycles. The quantitative estimate of drug-likeness (QED) is 0.712. The highest BCUT2D eigenvalue weighted by molar-refractivity contribution is 7.88. The van der Waals surface area contributed by atoms with Crippen LogP contribution < -0.4 is 24.0 Å². The molecule has 2 aliphatic heterocycles. The predicted octanol–water partition coefficient (Wildman–Crippen LogP) is 0.550. The van der Waals surface area contributed by atoms with Gasteiger partial charge in [0.15, 0.2) is 11.5 Å². The summed E-state index contributed by atoms with van der Waals surface area (Å²) in [7, 11) is -3.30. The molecule has 2 aromatic rings. The molecule has 0 aliphatic carbocycles. The Morgan fingerprint density at radius 1 is 1.10 bits per heavy atom. The smallest absolute Gasteiger partial charge is 0.231 e. The molecule has 0 unspecified atom stereocenters. The Kier molecular flexibility index (Phi) is 5.62. The van der Waals surface area contributed by atoms with Gasteiger partial charge in [-0.05, 0) is 42.5 Å². The van der Waals surface area contributed by atoms with Crippen LogP contribution in [-0.4, -0.2) is 54.2 Å². The topological polar surface area (TPSA) is 72.3 Å². The first-order valence-electron chi connectivity index (χ1n) is 9.58. The summed E-state index contributed by atoms with van der Waals surface area (Å²) in [5.41, 5.74) is 2.01. The van der Waals surface area contributed by atoms with Crippen molar-refractivity contribution in [3.63, 3.8) is 0 Å². The lowest BCUT2D eigenvalue weighted by atomic mass is 10.0. The Balaban J connectivity index is 1.50. The van der Waals surface area contributed by atoms with Gasteiger partial charge >= 0.3 is 0 Å². The zero-order valence-electron chi connectivity index (χ0n) is 16.2. The van der Waals surface area contributed by atoms with Crippen LogP contribution in [0.4, 0.5) is 10.1 Å². The zero-order chi connectivity index (χ0) is 20.4. The third-order valence-corrected chi connectivity index (χ3v) is 6.13. The molecule has 0 spiro atoms. The fourth-order valence-corrected chi connectivity index (χ4v) is 4.38. The second-order valence-electron chi connectivity index (χ2n) is 7.41. The monoisotopic (exact) mass is 422 g/mol. The molecule has 2 aliphatic rings. The molecular weight excluding hydrogens is 397 g/mol. The maximum atomic E-state index is 13.2. The summed E-state index contributed by atoms with van der Waals surface area (Å²) in [4.78, 5) is 3.52. The molecule has 2 N–H and O–H groups in total. The first kappa shape index (κ1) is 19.9. The van der Waals surface area contributed by atoms with Gasteiger partial charge in [-0.1, -0.05) is 0 Å². The number of benzene rings is 2. The van der Waals surface area contributed by atoms with Crippen molar-refractivity contribution in [1.82, 2.24) is 4.72 Å². The highest BCUT2D eigenvalue weighted by Gasteiger charge is 2.30. The van der Waals surface area contributed by atoms with Crippen LogP contribution in [-0.2, 0) is 10.0 Å². The number of piperazine rings is 1. The SMILES string of the molecule is CS(=O)(=O)NC[C@@H](c1ccc2c(c1)OCO2)[NH+]1CCN(c2ccc(F)cc2)CC1. The lowest BCUT2D eigenvalue weighted by Crippen LogP contribution is -3.15. The van der Waals surface area contributed by atoms with Gasteiger partial charge < -0.3 is 19.3 Å². The molecule has 9 heteroatoms. The van der Waals surface area contributed by atoms with E-state index >= 15 is 0 Å². The van der Waals surface area contributed by atoms with Gasteiger partial charge in [0.1, 0.15) is 11.9 Å². The van der Waals surface area contributed by atoms with Crippen LogP contribution in [0.1, 0.15) is 11.6 Å². The highest BCUT2D eigenvalue weighted by atomic mass is 32.2. The molecule has 4 rings (SSSR count). The van der Waals surface area contributed by atoms with E-state index in [0.717, 1.165) is 37.4 Å². The Hall–Kier alpha value is -2.36. The molecule has 0 radical (unpaired) electrons. The molecule has 1 saturated heterocycles. The van der Waals surface area contributed by atoms with Gasteiger partial charge in [0.05, 0.1) is 39.0 Å². The first-order valence-corrected chi connectivity index (χ1v) is 11.5. The van der Waals surface area contributed by atoms with Crippen molar-refractivity contribution in [3.05, 3.63) is 53.8 Å². The summed E-state index contributed by atoms with van der Waals surface area (Å²) < 4.78 is 50.1. The average molecular weight is 423 g/mol. The molecule has 29 heavy (non-hydrogen) atoms. The summed E-state index contributed by atoms with van der Waals surface area (Å²) >= 11 is 0. The number of halogens is 1. The lowest BCUT2D eigenvalue weighted by Gasteiger charge is -2.37. The predicted molar refractivity (Wildman–Crippen MR) is 107 cm³/mol. The molecule has 2 aromatic carbocycles. The highest BCUT2D eigenvalue weighted by Crippen LogP contribution is 2.33. The van der Waals surface area contributed by atoms with Crippen LogP contribution in [0, 0.1) is 5.82 Å². The van der Waals surface area contributed by atoms with Gasteiger partial charge in [-0.3, -0.25) is 0 Å². The van der Waals surface area contributed by atoms with Crippen molar-refractivity contribution in [2.24, 2.45) is 0 Å². The Bertz CT molecular complexity index is 960. The summed E-state index contributed by atoms with van der Waals surface area (Å²) in [6.07, 6.45) is 1.17. The molecule has 7 nitrogen and oxygen atoms in total. The number of sulfonamides is 1. The minimum absolute atomic E-state index is 0.0467. The van der Waals surface area contributed by atoms with Crippen LogP contribution in [0.25, 0.3) is 0 Å². The number of nitrogens with zero attached hydrogens (tertiary/aromatic N) is 1. The number of hydrogen-bond donors (Lipinski definition) is 2. The van der Waals surface area contributed by atoms with Gasteiger partial charge in [0.25, 0.3) is 0 Å². The molecule has 156 valence electrons. The zero-order valence-corrected chi connectivity index (χ0v) is 17.0. The van der Waals surface area contributed by atoms with Crippen molar-refractivity contribution in [2.75, 3.05) is 50.7 Å². The van der Waals surface area contributed by atoms with Gasteiger partial charge in [-0.25, -0.2) is 17.5 Å². The van der Waals surface area contributed by atoms with Gasteiger partial charge in [0, 0.05) is 11.3 Å². The second kappa shape index (κ2) is 8.17. The standard InChI is InChI=1S/C20H24FN3O4S/c1-29(25,26)22-13-18(15-2-7-19-20(12-15)28-14-27-19)24-10-8-23(9-11-24)17-5-3-16(21)4-6-17/h2-7,12,18,22H,8-11,13-14H2,1H3/p+1/t18-/m0/s1. The third kappa shape index (κ3) is 4.80. The minimum atomic E-state index is -3.30.